The van der Waals surface area contributed by atoms with Crippen molar-refractivity contribution in [1.29, 1.82) is 5.26 Å². The van der Waals surface area contributed by atoms with Crippen molar-refractivity contribution in [3.63, 3.8) is 0 Å². The Bertz CT molecular complexity index is 371. The molecule has 0 aromatic heterocycles. The first kappa shape index (κ1) is 11.9. The smallest absolute Gasteiger partial charge is 0.0991 e. The van der Waals surface area contributed by atoms with E-state index in [1.165, 1.54) is 37.7 Å². The minimum absolute atomic E-state index is 0.616. The SMILES string of the molecule is N#Cc1ccc(C(I)C2CCCCC2)cc1. The minimum atomic E-state index is 0.616. The highest BCUT2D eigenvalue weighted by Gasteiger charge is 2.22. The molecule has 0 spiro atoms. The maximum absolute atomic E-state index is 8.76. The van der Waals surface area contributed by atoms with Crippen LogP contribution in [-0.4, -0.2) is 0 Å². The van der Waals surface area contributed by atoms with Crippen molar-refractivity contribution in [3.8, 4) is 6.07 Å². The van der Waals surface area contributed by atoms with Gasteiger partial charge in [-0.25, -0.2) is 0 Å². The van der Waals surface area contributed by atoms with Crippen molar-refractivity contribution in [3.05, 3.63) is 35.4 Å². The Morgan fingerprint density at radius 3 is 2.31 bits per heavy atom. The fourth-order valence-electron chi connectivity index (χ4n) is 2.44. The normalized spacial score (nSPS) is 19.0. The molecular weight excluding hydrogens is 309 g/mol. The standard InChI is InChI=1S/C14H16IN/c15-14(12-4-2-1-3-5-12)13-8-6-11(10-16)7-9-13/h6-9,12,14H,1-5H2. The summed E-state index contributed by atoms with van der Waals surface area (Å²) >= 11 is 2.57. The highest BCUT2D eigenvalue weighted by molar-refractivity contribution is 14.1. The molecule has 1 aliphatic carbocycles. The van der Waals surface area contributed by atoms with E-state index in [1.54, 1.807) is 0 Å². The van der Waals surface area contributed by atoms with Crippen LogP contribution in [0.4, 0.5) is 0 Å². The Morgan fingerprint density at radius 2 is 1.75 bits per heavy atom. The molecule has 0 aliphatic heterocycles. The summed E-state index contributed by atoms with van der Waals surface area (Å²) in [5.74, 6) is 0.835. The number of nitrogens with zero attached hydrogens (tertiary/aromatic N) is 1. The number of alkyl halides is 1. The zero-order valence-corrected chi connectivity index (χ0v) is 11.5. The first-order chi connectivity index (χ1) is 7.81. The fraction of sp³-hybridized carbons (Fsp3) is 0.500. The predicted molar refractivity (Wildman–Crippen MR) is 74.5 cm³/mol. The van der Waals surface area contributed by atoms with E-state index in [9.17, 15) is 0 Å². The highest BCUT2D eigenvalue weighted by atomic mass is 127. The monoisotopic (exact) mass is 325 g/mol. The number of hydrogen-bond donors (Lipinski definition) is 0. The summed E-state index contributed by atoms with van der Waals surface area (Å²) < 4.78 is 0.616. The fourth-order valence-corrected chi connectivity index (χ4v) is 3.57. The molecule has 1 aliphatic rings. The topological polar surface area (TPSA) is 23.8 Å². The van der Waals surface area contributed by atoms with Gasteiger partial charge >= 0.3 is 0 Å². The lowest BCUT2D eigenvalue weighted by atomic mass is 9.85. The largest absolute Gasteiger partial charge is 0.192 e. The molecule has 1 atom stereocenters. The number of nitriles is 1. The number of rotatable bonds is 2. The molecule has 1 saturated carbocycles. The Morgan fingerprint density at radius 1 is 1.12 bits per heavy atom. The van der Waals surface area contributed by atoms with Gasteiger partial charge in [-0.3, -0.25) is 0 Å². The van der Waals surface area contributed by atoms with Gasteiger partial charge in [0.2, 0.25) is 0 Å². The molecular formula is C14H16IN. The van der Waals surface area contributed by atoms with Crippen molar-refractivity contribution < 1.29 is 0 Å². The maximum atomic E-state index is 8.76. The van der Waals surface area contributed by atoms with Crippen molar-refractivity contribution in [2.45, 2.75) is 36.0 Å². The van der Waals surface area contributed by atoms with Crippen LogP contribution in [0.5, 0.6) is 0 Å². The lowest BCUT2D eigenvalue weighted by molar-refractivity contribution is 0.358. The molecule has 1 fully saturated rings. The summed E-state index contributed by atoms with van der Waals surface area (Å²) in [5, 5.41) is 8.76. The van der Waals surface area contributed by atoms with Gasteiger partial charge in [-0.1, -0.05) is 54.0 Å². The van der Waals surface area contributed by atoms with Crippen molar-refractivity contribution in [2.75, 3.05) is 0 Å². The van der Waals surface area contributed by atoms with E-state index in [-0.39, 0.29) is 0 Å². The van der Waals surface area contributed by atoms with E-state index in [0.717, 1.165) is 11.5 Å². The number of halogens is 1. The first-order valence-corrected chi connectivity index (χ1v) is 7.20. The van der Waals surface area contributed by atoms with Gasteiger partial charge in [0.1, 0.15) is 0 Å². The molecule has 16 heavy (non-hydrogen) atoms. The Balaban J connectivity index is 2.07. The predicted octanol–water partition coefficient (Wildman–Crippen LogP) is 4.61. The Kier molecular flexibility index (Phi) is 4.22. The van der Waals surface area contributed by atoms with Crippen LogP contribution in [0, 0.1) is 17.2 Å². The summed E-state index contributed by atoms with van der Waals surface area (Å²) in [5.41, 5.74) is 2.14. The lowest BCUT2D eigenvalue weighted by Crippen LogP contribution is -2.11. The molecule has 0 amide bonds. The van der Waals surface area contributed by atoms with Gasteiger partial charge in [-0.05, 0) is 36.5 Å². The maximum Gasteiger partial charge on any atom is 0.0991 e. The Hall–Kier alpha value is -0.560. The van der Waals surface area contributed by atoms with E-state index >= 15 is 0 Å². The Labute approximate surface area is 111 Å². The molecule has 1 unspecified atom stereocenters. The second-order valence-electron chi connectivity index (χ2n) is 4.53. The van der Waals surface area contributed by atoms with Gasteiger partial charge in [0.15, 0.2) is 0 Å². The van der Waals surface area contributed by atoms with Crippen molar-refractivity contribution in [2.24, 2.45) is 5.92 Å². The molecule has 1 aromatic rings. The van der Waals surface area contributed by atoms with Gasteiger partial charge in [0.25, 0.3) is 0 Å². The van der Waals surface area contributed by atoms with Gasteiger partial charge < -0.3 is 0 Å². The van der Waals surface area contributed by atoms with Gasteiger partial charge in [0.05, 0.1) is 11.6 Å². The third-order valence-electron chi connectivity index (χ3n) is 3.42. The third kappa shape index (κ3) is 2.76. The highest BCUT2D eigenvalue weighted by Crippen LogP contribution is 2.40. The van der Waals surface area contributed by atoms with Gasteiger partial charge in [-0.15, -0.1) is 0 Å². The molecule has 84 valence electrons. The molecule has 0 saturated heterocycles. The molecule has 1 aromatic carbocycles. The molecule has 0 radical (unpaired) electrons. The quantitative estimate of drug-likeness (QED) is 0.575. The first-order valence-electron chi connectivity index (χ1n) is 5.95. The second-order valence-corrected chi connectivity index (χ2v) is 5.88. The van der Waals surface area contributed by atoms with E-state index < -0.39 is 0 Å². The average molecular weight is 325 g/mol. The van der Waals surface area contributed by atoms with Crippen LogP contribution in [-0.2, 0) is 0 Å². The summed E-state index contributed by atoms with van der Waals surface area (Å²) in [4.78, 5) is 0. The summed E-state index contributed by atoms with van der Waals surface area (Å²) in [6.45, 7) is 0. The third-order valence-corrected chi connectivity index (χ3v) is 5.16. The van der Waals surface area contributed by atoms with E-state index in [0.29, 0.717) is 3.92 Å². The summed E-state index contributed by atoms with van der Waals surface area (Å²) in [6.07, 6.45) is 6.93. The van der Waals surface area contributed by atoms with E-state index in [4.69, 9.17) is 5.26 Å². The van der Waals surface area contributed by atoms with Crippen LogP contribution < -0.4 is 0 Å². The molecule has 0 N–H and O–H groups in total. The van der Waals surface area contributed by atoms with Crippen molar-refractivity contribution >= 4 is 22.6 Å². The van der Waals surface area contributed by atoms with Crippen molar-refractivity contribution in [1.82, 2.24) is 0 Å². The van der Waals surface area contributed by atoms with Gasteiger partial charge in [-0.2, -0.15) is 5.26 Å². The van der Waals surface area contributed by atoms with Crippen LogP contribution in [0.1, 0.15) is 47.2 Å². The molecule has 1 nitrogen and oxygen atoms in total. The number of hydrogen-bond acceptors (Lipinski definition) is 1. The lowest BCUT2D eigenvalue weighted by Gasteiger charge is -2.26. The molecule has 0 bridgehead atoms. The number of benzene rings is 1. The summed E-state index contributed by atoms with van der Waals surface area (Å²) in [7, 11) is 0. The van der Waals surface area contributed by atoms with Crippen LogP contribution >= 0.6 is 22.6 Å². The minimum Gasteiger partial charge on any atom is -0.192 e. The van der Waals surface area contributed by atoms with Crippen LogP contribution in [0.2, 0.25) is 0 Å². The second kappa shape index (κ2) is 5.67. The van der Waals surface area contributed by atoms with E-state index in [1.807, 2.05) is 12.1 Å². The van der Waals surface area contributed by atoms with Crippen LogP contribution in [0.15, 0.2) is 24.3 Å². The summed E-state index contributed by atoms with van der Waals surface area (Å²) in [6, 6.07) is 10.3. The zero-order chi connectivity index (χ0) is 11.4. The van der Waals surface area contributed by atoms with Crippen LogP contribution in [0.3, 0.4) is 0 Å². The van der Waals surface area contributed by atoms with Crippen LogP contribution in [0.25, 0.3) is 0 Å². The van der Waals surface area contributed by atoms with Gasteiger partial charge in [0, 0.05) is 3.92 Å². The molecule has 0 heterocycles. The molecule has 2 heteroatoms. The molecule has 2 rings (SSSR count). The zero-order valence-electron chi connectivity index (χ0n) is 9.32. The van der Waals surface area contributed by atoms with E-state index in [2.05, 4.69) is 40.8 Å². The average Bonchev–Trinajstić information content (AvgIpc) is 2.39.